The van der Waals surface area contributed by atoms with Crippen molar-refractivity contribution < 1.29 is 24.2 Å². The Labute approximate surface area is 135 Å². The molecule has 0 saturated carbocycles. The van der Waals surface area contributed by atoms with Gasteiger partial charge >= 0.3 is 7.60 Å². The van der Waals surface area contributed by atoms with E-state index in [2.05, 4.69) is 15.0 Å². The molecular formula is C12H16N5O6P. The molecule has 0 spiro atoms. The van der Waals surface area contributed by atoms with Crippen LogP contribution in [0.15, 0.2) is 23.0 Å². The molecule has 0 aliphatic carbocycles. The lowest BCUT2D eigenvalue weighted by Crippen LogP contribution is -2.23. The SMILES string of the molecule is Nc1nc2c(ncn2[C@H]2C[C@](/C=C/P(=O)(O)O)(CO)CO2)c(=O)[nH]1. The number of rotatable bonds is 4. The zero-order valence-electron chi connectivity index (χ0n) is 12.4. The summed E-state index contributed by atoms with van der Waals surface area (Å²) < 4.78 is 18.1. The van der Waals surface area contributed by atoms with Gasteiger partial charge in [0.2, 0.25) is 5.95 Å². The van der Waals surface area contributed by atoms with Crippen molar-refractivity contribution >= 4 is 24.7 Å². The van der Waals surface area contributed by atoms with Crippen molar-refractivity contribution in [2.75, 3.05) is 18.9 Å². The topological polar surface area (TPSA) is 177 Å². The molecular weight excluding hydrogens is 341 g/mol. The Bertz CT molecular complexity index is 901. The number of aliphatic hydroxyl groups is 1. The number of fused-ring (bicyclic) bond motifs is 1. The van der Waals surface area contributed by atoms with E-state index in [4.69, 9.17) is 20.3 Å². The summed E-state index contributed by atoms with van der Waals surface area (Å²) in [5.41, 5.74) is 4.44. The van der Waals surface area contributed by atoms with Gasteiger partial charge in [-0.05, 0) is 0 Å². The summed E-state index contributed by atoms with van der Waals surface area (Å²) in [6, 6.07) is 0. The smallest absolute Gasteiger partial charge is 0.348 e. The molecule has 130 valence electrons. The van der Waals surface area contributed by atoms with Gasteiger partial charge in [-0.25, -0.2) is 4.98 Å². The number of nitrogens with one attached hydrogen (secondary N) is 1. The fourth-order valence-electron chi connectivity index (χ4n) is 2.59. The monoisotopic (exact) mass is 357 g/mol. The van der Waals surface area contributed by atoms with E-state index in [1.54, 1.807) is 0 Å². The Hall–Kier alpha value is -2.04. The van der Waals surface area contributed by atoms with E-state index in [9.17, 15) is 14.5 Å². The van der Waals surface area contributed by atoms with Crippen LogP contribution in [0.4, 0.5) is 5.95 Å². The predicted molar refractivity (Wildman–Crippen MR) is 82.9 cm³/mol. The molecule has 2 atom stereocenters. The highest BCUT2D eigenvalue weighted by Gasteiger charge is 2.40. The second kappa shape index (κ2) is 5.80. The Morgan fingerprint density at radius 3 is 3.00 bits per heavy atom. The molecule has 0 amide bonds. The molecule has 12 heteroatoms. The normalized spacial score (nSPS) is 25.0. The first-order chi connectivity index (χ1) is 11.2. The van der Waals surface area contributed by atoms with Crippen molar-refractivity contribution in [2.24, 2.45) is 5.41 Å². The summed E-state index contributed by atoms with van der Waals surface area (Å²) >= 11 is 0. The quantitative estimate of drug-likeness (QED) is 0.442. The van der Waals surface area contributed by atoms with Crippen molar-refractivity contribution in [3.8, 4) is 0 Å². The average Bonchev–Trinajstić information content (AvgIpc) is 3.09. The van der Waals surface area contributed by atoms with Crippen LogP contribution < -0.4 is 11.3 Å². The number of aromatic amines is 1. The second-order valence-electron chi connectivity index (χ2n) is 5.67. The first-order valence-electron chi connectivity index (χ1n) is 6.93. The highest BCUT2D eigenvalue weighted by molar-refractivity contribution is 7.55. The molecule has 0 unspecified atom stereocenters. The number of imidazole rings is 1. The third-order valence-corrected chi connectivity index (χ3v) is 4.38. The van der Waals surface area contributed by atoms with Gasteiger partial charge in [0.05, 0.1) is 19.5 Å². The highest BCUT2D eigenvalue weighted by Crippen LogP contribution is 2.44. The molecule has 2 aromatic heterocycles. The van der Waals surface area contributed by atoms with Gasteiger partial charge in [0.1, 0.15) is 6.23 Å². The van der Waals surface area contributed by atoms with Gasteiger partial charge in [-0.15, -0.1) is 0 Å². The summed E-state index contributed by atoms with van der Waals surface area (Å²) in [4.78, 5) is 40.1. The lowest BCUT2D eigenvalue weighted by Gasteiger charge is -2.20. The zero-order chi connectivity index (χ0) is 17.5. The van der Waals surface area contributed by atoms with Crippen LogP contribution in [0.1, 0.15) is 12.6 Å². The molecule has 0 bridgehead atoms. The molecule has 1 fully saturated rings. The second-order valence-corrected chi connectivity index (χ2v) is 7.15. The number of hydrogen-bond acceptors (Lipinski definition) is 7. The van der Waals surface area contributed by atoms with Gasteiger partial charge in [0.15, 0.2) is 11.2 Å². The number of anilines is 1. The van der Waals surface area contributed by atoms with Crippen LogP contribution in [-0.2, 0) is 9.30 Å². The van der Waals surface area contributed by atoms with E-state index in [0.717, 1.165) is 5.82 Å². The zero-order valence-corrected chi connectivity index (χ0v) is 13.3. The molecule has 6 N–H and O–H groups in total. The molecule has 24 heavy (non-hydrogen) atoms. The number of nitrogen functional groups attached to an aromatic ring is 1. The lowest BCUT2D eigenvalue weighted by atomic mass is 9.88. The van der Waals surface area contributed by atoms with Gasteiger partial charge in [0.25, 0.3) is 5.56 Å². The Morgan fingerprint density at radius 1 is 1.58 bits per heavy atom. The number of H-pyrrole nitrogens is 1. The van der Waals surface area contributed by atoms with Crippen LogP contribution in [0.2, 0.25) is 0 Å². The maximum absolute atomic E-state index is 11.8. The fraction of sp³-hybridized carbons (Fsp3) is 0.417. The van der Waals surface area contributed by atoms with E-state index in [1.165, 1.54) is 17.0 Å². The third-order valence-electron chi connectivity index (χ3n) is 3.84. The van der Waals surface area contributed by atoms with E-state index in [-0.39, 0.29) is 36.7 Å². The summed E-state index contributed by atoms with van der Waals surface area (Å²) in [6.45, 7) is -0.314. The molecule has 3 heterocycles. The molecule has 0 radical (unpaired) electrons. The van der Waals surface area contributed by atoms with Gasteiger partial charge in [0, 0.05) is 17.7 Å². The molecule has 1 aliphatic heterocycles. The number of hydrogen-bond donors (Lipinski definition) is 5. The van der Waals surface area contributed by atoms with Crippen molar-refractivity contribution in [2.45, 2.75) is 12.6 Å². The van der Waals surface area contributed by atoms with Crippen molar-refractivity contribution in [3.63, 3.8) is 0 Å². The van der Waals surface area contributed by atoms with Crippen LogP contribution in [0.25, 0.3) is 11.2 Å². The molecule has 2 aromatic rings. The molecule has 0 aromatic carbocycles. The number of nitrogens with zero attached hydrogens (tertiary/aromatic N) is 3. The van der Waals surface area contributed by atoms with E-state index in [0.29, 0.717) is 0 Å². The minimum Gasteiger partial charge on any atom is -0.395 e. The summed E-state index contributed by atoms with van der Waals surface area (Å²) in [5.74, 6) is 0.684. The van der Waals surface area contributed by atoms with Crippen molar-refractivity contribution in [1.29, 1.82) is 0 Å². The Morgan fingerprint density at radius 2 is 2.33 bits per heavy atom. The van der Waals surface area contributed by atoms with E-state index >= 15 is 0 Å². The van der Waals surface area contributed by atoms with Crippen LogP contribution >= 0.6 is 7.60 Å². The van der Waals surface area contributed by atoms with Gasteiger partial charge in [-0.2, -0.15) is 4.98 Å². The lowest BCUT2D eigenvalue weighted by molar-refractivity contribution is 0.0499. The standard InChI is InChI=1S/C12H16N5O6P/c13-11-15-9-8(10(19)16-11)14-6-17(9)7-3-12(4-18,5-23-7)1-2-24(20,21)22/h1-2,6-7,18H,3-5H2,(H2,20,21,22)(H3,13,15,16,19)/b2-1+/t7-,12-/m1/s1. The molecule has 1 aliphatic rings. The maximum atomic E-state index is 11.8. The van der Waals surface area contributed by atoms with E-state index in [1.807, 2.05) is 0 Å². The summed E-state index contributed by atoms with van der Waals surface area (Å²) in [6.07, 6.45) is 2.25. The largest absolute Gasteiger partial charge is 0.395 e. The van der Waals surface area contributed by atoms with Crippen LogP contribution in [0.5, 0.6) is 0 Å². The Balaban J connectivity index is 1.94. The van der Waals surface area contributed by atoms with Crippen LogP contribution in [0.3, 0.4) is 0 Å². The van der Waals surface area contributed by atoms with Gasteiger partial charge in [-0.1, -0.05) is 6.08 Å². The van der Waals surface area contributed by atoms with Crippen molar-refractivity contribution in [3.05, 3.63) is 28.6 Å². The molecule has 1 saturated heterocycles. The maximum Gasteiger partial charge on any atom is 0.348 e. The number of aliphatic hydroxyl groups excluding tert-OH is 1. The number of ether oxygens (including phenoxy) is 1. The predicted octanol–water partition coefficient (Wildman–Crippen LogP) is -0.709. The van der Waals surface area contributed by atoms with Gasteiger partial charge < -0.3 is 25.4 Å². The number of nitrogens with two attached hydrogens (primary N) is 1. The minimum atomic E-state index is -4.35. The minimum absolute atomic E-state index is 0.0447. The first-order valence-corrected chi connectivity index (χ1v) is 8.62. The van der Waals surface area contributed by atoms with Crippen LogP contribution in [0, 0.1) is 5.41 Å². The molecule has 3 rings (SSSR count). The summed E-state index contributed by atoms with van der Waals surface area (Å²) in [7, 11) is -4.35. The summed E-state index contributed by atoms with van der Waals surface area (Å²) in [5, 5.41) is 9.63. The first kappa shape index (κ1) is 16.8. The number of aromatic nitrogens is 4. The third kappa shape index (κ3) is 3.12. The highest BCUT2D eigenvalue weighted by atomic mass is 31.2. The van der Waals surface area contributed by atoms with Gasteiger partial charge in [-0.3, -0.25) is 18.9 Å². The van der Waals surface area contributed by atoms with Crippen LogP contribution in [-0.4, -0.2) is 47.6 Å². The van der Waals surface area contributed by atoms with Crippen molar-refractivity contribution in [1.82, 2.24) is 19.5 Å². The Kier molecular flexibility index (Phi) is 4.06. The average molecular weight is 357 g/mol. The van der Waals surface area contributed by atoms with E-state index < -0.39 is 24.8 Å². The molecule has 11 nitrogen and oxygen atoms in total. The fourth-order valence-corrected chi connectivity index (χ4v) is 3.10.